The van der Waals surface area contributed by atoms with Crippen LogP contribution in [0.25, 0.3) is 10.9 Å². The largest absolute Gasteiger partial charge is 0.491 e. The highest BCUT2D eigenvalue weighted by molar-refractivity contribution is 5.84. The van der Waals surface area contributed by atoms with Gasteiger partial charge in [-0.15, -0.1) is 0 Å². The zero-order chi connectivity index (χ0) is 20.9. The molecule has 30 heavy (non-hydrogen) atoms. The van der Waals surface area contributed by atoms with E-state index in [1.807, 2.05) is 0 Å². The van der Waals surface area contributed by atoms with Gasteiger partial charge in [0.25, 0.3) is 0 Å². The number of fused-ring (bicyclic) bond motifs is 1. The lowest BCUT2D eigenvalue weighted by Crippen LogP contribution is -2.01. The zero-order valence-electron chi connectivity index (χ0n) is 18.8. The van der Waals surface area contributed by atoms with Crippen molar-refractivity contribution in [2.24, 2.45) is 5.92 Å². The average Bonchev–Trinajstić information content (AvgIpc) is 3.60. The van der Waals surface area contributed by atoms with E-state index in [0.29, 0.717) is 6.61 Å². The number of benzene rings is 1. The quantitative estimate of drug-likeness (QED) is 0.279. The van der Waals surface area contributed by atoms with Gasteiger partial charge >= 0.3 is 0 Å². The van der Waals surface area contributed by atoms with E-state index >= 15 is 0 Å². The number of hydrogen-bond donors (Lipinski definition) is 1. The monoisotopic (exact) mass is 411 g/mol. The summed E-state index contributed by atoms with van der Waals surface area (Å²) in [5.74, 6) is 1.72. The van der Waals surface area contributed by atoms with Crippen LogP contribution < -0.4 is 4.74 Å². The van der Waals surface area contributed by atoms with Crippen LogP contribution in [0, 0.1) is 5.92 Å². The Kier molecular flexibility index (Phi) is 10.5. The maximum absolute atomic E-state index is 8.78. The molecule has 1 N–H and O–H groups in total. The van der Waals surface area contributed by atoms with E-state index < -0.39 is 0 Å². The summed E-state index contributed by atoms with van der Waals surface area (Å²) < 4.78 is 6.05. The normalized spacial score (nSPS) is 13.8. The second-order valence-corrected chi connectivity index (χ2v) is 9.10. The van der Waals surface area contributed by atoms with Crippen molar-refractivity contribution >= 4 is 10.9 Å². The third kappa shape index (κ3) is 8.63. The fourth-order valence-corrected chi connectivity index (χ4v) is 4.09. The van der Waals surface area contributed by atoms with Crippen LogP contribution in [0.2, 0.25) is 0 Å². The first-order valence-electron chi connectivity index (χ1n) is 12.5. The molecular formula is C27H41NO2. The molecule has 3 heteroatoms. The van der Waals surface area contributed by atoms with Crippen molar-refractivity contribution in [2.45, 2.75) is 96.3 Å². The molecule has 1 aliphatic carbocycles. The van der Waals surface area contributed by atoms with Crippen molar-refractivity contribution in [3.05, 3.63) is 36.0 Å². The van der Waals surface area contributed by atoms with Crippen molar-refractivity contribution < 1.29 is 9.84 Å². The van der Waals surface area contributed by atoms with Crippen LogP contribution in [0.4, 0.5) is 0 Å². The van der Waals surface area contributed by atoms with Gasteiger partial charge in [0.05, 0.1) is 6.61 Å². The van der Waals surface area contributed by atoms with Crippen molar-refractivity contribution in [3.8, 4) is 5.75 Å². The van der Waals surface area contributed by atoms with Gasteiger partial charge in [-0.25, -0.2) is 4.98 Å². The molecule has 3 nitrogen and oxygen atoms in total. The minimum absolute atomic E-state index is 0.354. The van der Waals surface area contributed by atoms with E-state index in [0.717, 1.165) is 36.6 Å². The summed E-state index contributed by atoms with van der Waals surface area (Å²) in [5.41, 5.74) is 2.23. The third-order valence-electron chi connectivity index (χ3n) is 6.25. The summed E-state index contributed by atoms with van der Waals surface area (Å²) in [7, 11) is 0. The van der Waals surface area contributed by atoms with Crippen LogP contribution in [0.15, 0.2) is 30.3 Å². The maximum Gasteiger partial charge on any atom is 0.145 e. The Morgan fingerprint density at radius 1 is 0.767 bits per heavy atom. The second kappa shape index (κ2) is 13.6. The van der Waals surface area contributed by atoms with E-state index in [9.17, 15) is 0 Å². The van der Waals surface area contributed by atoms with E-state index in [2.05, 4.69) is 30.3 Å². The molecule has 0 unspecified atom stereocenters. The topological polar surface area (TPSA) is 42.4 Å². The Labute approximate surface area is 183 Å². The van der Waals surface area contributed by atoms with Crippen molar-refractivity contribution in [3.63, 3.8) is 0 Å². The highest BCUT2D eigenvalue weighted by Crippen LogP contribution is 2.31. The first kappa shape index (κ1) is 23.1. The Morgan fingerprint density at radius 2 is 1.40 bits per heavy atom. The molecule has 0 radical (unpaired) electrons. The molecule has 0 atom stereocenters. The van der Waals surface area contributed by atoms with Gasteiger partial charge in [0, 0.05) is 17.7 Å². The lowest BCUT2D eigenvalue weighted by atomic mass is 10.0. The molecule has 1 heterocycles. The number of unbranched alkanes of at least 4 members (excludes halogenated alkanes) is 11. The standard InChI is InChI=1S/C27H41NO2/c29-21-12-10-8-6-4-2-1-3-5-7-9-11-15-25-20-19-24-14-13-16-26(27(24)28-25)30-22-23-17-18-23/h13-14,16,19-20,23,29H,1-12,15,17-18,21-22H2. The van der Waals surface area contributed by atoms with Gasteiger partial charge in [0.2, 0.25) is 0 Å². The first-order chi connectivity index (χ1) is 14.9. The Bertz CT molecular complexity index is 726. The number of aryl methyl sites for hydroxylation is 1. The van der Waals surface area contributed by atoms with Crippen LogP contribution in [0.1, 0.15) is 95.6 Å². The predicted molar refractivity (Wildman–Crippen MR) is 126 cm³/mol. The average molecular weight is 412 g/mol. The molecule has 166 valence electrons. The second-order valence-electron chi connectivity index (χ2n) is 9.10. The summed E-state index contributed by atoms with van der Waals surface area (Å²) in [4.78, 5) is 4.93. The minimum Gasteiger partial charge on any atom is -0.491 e. The molecule has 0 bridgehead atoms. The molecule has 3 rings (SSSR count). The number of aliphatic hydroxyl groups is 1. The third-order valence-corrected chi connectivity index (χ3v) is 6.25. The Hall–Kier alpha value is -1.61. The number of nitrogens with zero attached hydrogens (tertiary/aromatic N) is 1. The van der Waals surface area contributed by atoms with Crippen molar-refractivity contribution in [1.82, 2.24) is 4.98 Å². The number of rotatable bonds is 17. The summed E-state index contributed by atoms with van der Waals surface area (Å²) in [6, 6.07) is 10.7. The molecule has 1 aliphatic rings. The predicted octanol–water partition coefficient (Wildman–Crippen LogP) is 7.24. The van der Waals surface area contributed by atoms with Gasteiger partial charge in [0.15, 0.2) is 0 Å². The fraction of sp³-hybridized carbons (Fsp3) is 0.667. The highest BCUT2D eigenvalue weighted by Gasteiger charge is 2.22. The van der Waals surface area contributed by atoms with Crippen LogP contribution in [-0.2, 0) is 6.42 Å². The molecule has 2 aromatic rings. The molecule has 1 fully saturated rings. The summed E-state index contributed by atoms with van der Waals surface area (Å²) >= 11 is 0. The van der Waals surface area contributed by atoms with Crippen LogP contribution in [0.3, 0.4) is 0 Å². The Morgan fingerprint density at radius 3 is 2.03 bits per heavy atom. The van der Waals surface area contributed by atoms with E-state index in [-0.39, 0.29) is 0 Å². The van der Waals surface area contributed by atoms with E-state index in [1.165, 1.54) is 94.6 Å². The minimum atomic E-state index is 0.354. The lowest BCUT2D eigenvalue weighted by molar-refractivity contribution is 0.282. The molecule has 1 aromatic heterocycles. The van der Waals surface area contributed by atoms with Crippen LogP contribution >= 0.6 is 0 Å². The maximum atomic E-state index is 8.78. The van der Waals surface area contributed by atoms with Gasteiger partial charge in [-0.1, -0.05) is 82.4 Å². The summed E-state index contributed by atoms with van der Waals surface area (Å²) in [5, 5.41) is 9.96. The molecule has 0 aliphatic heterocycles. The van der Waals surface area contributed by atoms with Gasteiger partial charge in [-0.05, 0) is 50.2 Å². The fourth-order valence-electron chi connectivity index (χ4n) is 4.09. The molecule has 0 amide bonds. The summed E-state index contributed by atoms with van der Waals surface area (Å²) in [6.45, 7) is 1.20. The first-order valence-corrected chi connectivity index (χ1v) is 12.5. The van der Waals surface area contributed by atoms with E-state index in [4.69, 9.17) is 14.8 Å². The highest BCUT2D eigenvalue weighted by atomic mass is 16.5. The molecule has 1 saturated carbocycles. The lowest BCUT2D eigenvalue weighted by Gasteiger charge is -2.09. The van der Waals surface area contributed by atoms with Crippen LogP contribution in [0.5, 0.6) is 5.75 Å². The number of ether oxygens (including phenoxy) is 1. The number of para-hydroxylation sites is 1. The number of aliphatic hydroxyl groups excluding tert-OH is 1. The van der Waals surface area contributed by atoms with Gasteiger partial charge in [0.1, 0.15) is 11.3 Å². The SMILES string of the molecule is OCCCCCCCCCCCCCCc1ccc2cccc(OCC3CC3)c2n1. The number of aromatic nitrogens is 1. The zero-order valence-corrected chi connectivity index (χ0v) is 18.8. The van der Waals surface area contributed by atoms with Crippen molar-refractivity contribution in [2.75, 3.05) is 13.2 Å². The van der Waals surface area contributed by atoms with Crippen molar-refractivity contribution in [1.29, 1.82) is 0 Å². The Balaban J connectivity index is 1.26. The molecular weight excluding hydrogens is 370 g/mol. The number of pyridine rings is 1. The molecule has 1 aromatic carbocycles. The van der Waals surface area contributed by atoms with Gasteiger partial charge < -0.3 is 9.84 Å². The van der Waals surface area contributed by atoms with Crippen LogP contribution in [-0.4, -0.2) is 23.3 Å². The number of hydrogen-bond acceptors (Lipinski definition) is 3. The van der Waals surface area contributed by atoms with Gasteiger partial charge in [-0.3, -0.25) is 0 Å². The molecule has 0 saturated heterocycles. The van der Waals surface area contributed by atoms with Gasteiger partial charge in [-0.2, -0.15) is 0 Å². The van der Waals surface area contributed by atoms with E-state index in [1.54, 1.807) is 0 Å². The smallest absolute Gasteiger partial charge is 0.145 e. The molecule has 0 spiro atoms. The summed E-state index contributed by atoms with van der Waals surface area (Å²) in [6.07, 6.45) is 19.3.